The Bertz CT molecular complexity index is 4360. The molecule has 0 aliphatic heterocycles. The summed E-state index contributed by atoms with van der Waals surface area (Å²) in [5.41, 5.74) is 2.37. The average Bonchev–Trinajstić information content (AvgIpc) is 3.34. The zero-order chi connectivity index (χ0) is 48.7. The molecule has 0 saturated carbocycles. The van der Waals surface area contributed by atoms with Crippen molar-refractivity contribution in [1.82, 2.24) is 0 Å². The van der Waals surface area contributed by atoms with Crippen molar-refractivity contribution < 1.29 is 23.3 Å². The van der Waals surface area contributed by atoms with Gasteiger partial charge >= 0.3 is 0 Å². The first-order valence-electron chi connectivity index (χ1n) is 25.3. The number of benzene rings is 12. The molecule has 0 unspecified atom stereocenters. The molecular weight excluding hydrogens is 625 g/mol. The Morgan fingerprint density at radius 2 is 0.769 bits per heavy atom. The van der Waals surface area contributed by atoms with Crippen LogP contribution in [0.2, 0.25) is 0 Å². The quantitative estimate of drug-likeness (QED) is 0.164. The van der Waals surface area contributed by atoms with Crippen molar-refractivity contribution >= 4 is 86.2 Å². The highest BCUT2D eigenvalue weighted by molar-refractivity contribution is 6.28. The van der Waals surface area contributed by atoms with Crippen LogP contribution in [-0.2, 0) is 0 Å². The molecule has 0 N–H and O–H groups in total. The van der Waals surface area contributed by atoms with E-state index in [4.69, 9.17) is 12.3 Å². The zero-order valence-corrected chi connectivity index (χ0v) is 27.0. The summed E-state index contributed by atoms with van der Waals surface area (Å²) in [5, 5.41) is 2.92. The summed E-state index contributed by atoms with van der Waals surface area (Å²) in [6, 6.07) is 16.5. The molecule has 12 rings (SSSR count). The van der Waals surface area contributed by atoms with Gasteiger partial charge in [0.1, 0.15) is 0 Å². The van der Waals surface area contributed by atoms with E-state index in [-0.39, 0.29) is 118 Å². The van der Waals surface area contributed by atoms with E-state index in [2.05, 4.69) is 0 Å². The van der Waals surface area contributed by atoms with Crippen LogP contribution in [0.1, 0.15) is 23.3 Å². The lowest BCUT2D eigenvalue weighted by Gasteiger charge is -2.18. The first-order valence-corrected chi connectivity index (χ1v) is 16.8. The molecule has 0 aliphatic carbocycles. The molecule has 0 spiro atoms. The fraction of sp³-hybridized carbons (Fsp3) is 0. The predicted octanol–water partition coefficient (Wildman–Crippen LogP) is 14.8. The van der Waals surface area contributed by atoms with Crippen molar-refractivity contribution in [2.24, 2.45) is 0 Å². The first-order chi connectivity index (χ1) is 32.9. The Morgan fingerprint density at radius 3 is 1.48 bits per heavy atom. The van der Waals surface area contributed by atoms with E-state index in [0.29, 0.717) is 43.8 Å². The summed E-state index contributed by atoms with van der Waals surface area (Å²) in [6.07, 6.45) is 0. The molecule has 0 amide bonds. The maximum absolute atomic E-state index is 9.58. The molecule has 0 aromatic heterocycles. The highest BCUT2D eigenvalue weighted by Crippen LogP contribution is 2.46. The smallest absolute Gasteiger partial charge is 0.0616 e. The van der Waals surface area contributed by atoms with Gasteiger partial charge in [0, 0.05) is 0 Å². The molecule has 0 fully saturated rings. The fourth-order valence-corrected chi connectivity index (χ4v) is 8.03. The van der Waals surface area contributed by atoms with E-state index in [0.717, 1.165) is 0 Å². The van der Waals surface area contributed by atoms with Gasteiger partial charge in [-0.15, -0.1) is 0 Å². The second-order valence-electron chi connectivity index (χ2n) is 13.0. The van der Waals surface area contributed by atoms with Crippen molar-refractivity contribution in [2.45, 2.75) is 0 Å². The topological polar surface area (TPSA) is 0 Å². The van der Waals surface area contributed by atoms with Gasteiger partial charge in [0.15, 0.2) is 0 Å². The summed E-state index contributed by atoms with van der Waals surface area (Å²) >= 11 is 0. The molecule has 238 valence electrons. The van der Waals surface area contributed by atoms with Gasteiger partial charge in [-0.05, 0) is 132 Å². The summed E-state index contributed by atoms with van der Waals surface area (Å²) in [6.45, 7) is 0. The van der Waals surface area contributed by atoms with Gasteiger partial charge < -0.3 is 0 Å². The molecule has 12 aromatic rings. The lowest BCUT2D eigenvalue weighted by atomic mass is 9.85. The van der Waals surface area contributed by atoms with Crippen molar-refractivity contribution in [2.75, 3.05) is 0 Å². The minimum atomic E-state index is -0.553. The standard InChI is InChI=1S/C52H30/c1-2-12-39-37(7-1)29-38(30-48(39)45-24-20-36-18-16-32-9-6-11-34-22-26-47(45)52(36)50(32)34)40-27-28-43(42-14-4-3-13-41(40)42)44-23-19-35-17-15-31-8-5-10-33-21-25-46(44)51(35)49(31)33/h1-30H/i5D,6D,8D,9D,10D,15D,16D,17D,18D,19D,20D,21D,22D,23D,24D,25D,26D. The molecule has 0 saturated heterocycles. The summed E-state index contributed by atoms with van der Waals surface area (Å²) < 4.78 is 154. The monoisotopic (exact) mass is 671 g/mol. The first kappa shape index (κ1) is 16.5. The molecule has 0 heterocycles. The molecule has 12 aromatic carbocycles. The Balaban J connectivity index is 1.18. The van der Waals surface area contributed by atoms with Gasteiger partial charge in [-0.2, -0.15) is 0 Å². The van der Waals surface area contributed by atoms with E-state index in [1.807, 2.05) is 60.7 Å². The molecule has 0 nitrogen and oxygen atoms in total. The molecule has 0 atom stereocenters. The van der Waals surface area contributed by atoms with Crippen LogP contribution in [-0.4, -0.2) is 0 Å². The Morgan fingerprint density at radius 1 is 0.269 bits per heavy atom. The zero-order valence-electron chi connectivity index (χ0n) is 44.0. The van der Waals surface area contributed by atoms with Crippen molar-refractivity contribution in [1.29, 1.82) is 0 Å². The molecule has 0 radical (unpaired) electrons. The van der Waals surface area contributed by atoms with Gasteiger partial charge in [-0.3, -0.25) is 0 Å². The normalized spacial score (nSPS) is 16.8. The number of fused-ring (bicyclic) bond motifs is 2. The third-order valence-electron chi connectivity index (χ3n) is 10.3. The third-order valence-corrected chi connectivity index (χ3v) is 10.3. The Hall–Kier alpha value is -6.76. The predicted molar refractivity (Wildman–Crippen MR) is 225 cm³/mol. The van der Waals surface area contributed by atoms with Crippen LogP contribution in [0.4, 0.5) is 0 Å². The average molecular weight is 672 g/mol. The molecule has 0 heteroatoms. The van der Waals surface area contributed by atoms with Crippen molar-refractivity contribution in [3.8, 4) is 33.4 Å². The van der Waals surface area contributed by atoms with Crippen LogP contribution in [0, 0.1) is 0 Å². The maximum atomic E-state index is 9.58. The highest BCUT2D eigenvalue weighted by Gasteiger charge is 2.18. The van der Waals surface area contributed by atoms with Crippen LogP contribution in [0.3, 0.4) is 0 Å². The third kappa shape index (κ3) is 3.81. The number of hydrogen-bond donors (Lipinski definition) is 0. The minimum Gasteiger partial charge on any atom is -0.0616 e. The van der Waals surface area contributed by atoms with Crippen molar-refractivity contribution in [3.63, 3.8) is 0 Å². The second kappa shape index (κ2) is 10.4. The maximum Gasteiger partial charge on any atom is 0.0630 e. The molecule has 52 heavy (non-hydrogen) atoms. The van der Waals surface area contributed by atoms with Crippen LogP contribution < -0.4 is 0 Å². The fourth-order valence-electron chi connectivity index (χ4n) is 8.03. The van der Waals surface area contributed by atoms with Crippen LogP contribution in [0.5, 0.6) is 0 Å². The van der Waals surface area contributed by atoms with E-state index < -0.39 is 60.4 Å². The van der Waals surface area contributed by atoms with Gasteiger partial charge in [-0.1, -0.05) is 169 Å². The Labute approximate surface area is 324 Å². The van der Waals surface area contributed by atoms with Gasteiger partial charge in [0.2, 0.25) is 0 Å². The lowest BCUT2D eigenvalue weighted by Crippen LogP contribution is -1.91. The summed E-state index contributed by atoms with van der Waals surface area (Å²) in [4.78, 5) is 0. The lowest BCUT2D eigenvalue weighted by molar-refractivity contribution is 1.65. The van der Waals surface area contributed by atoms with E-state index in [1.54, 1.807) is 12.1 Å². The van der Waals surface area contributed by atoms with E-state index in [9.17, 15) is 11.0 Å². The van der Waals surface area contributed by atoms with Crippen LogP contribution in [0.15, 0.2) is 182 Å². The second-order valence-corrected chi connectivity index (χ2v) is 13.0. The highest BCUT2D eigenvalue weighted by atomic mass is 14.2. The minimum absolute atomic E-state index is 0.0393. The number of rotatable bonds is 3. The largest absolute Gasteiger partial charge is 0.0630 e. The van der Waals surface area contributed by atoms with Crippen molar-refractivity contribution in [3.05, 3.63) is 182 Å². The summed E-state index contributed by atoms with van der Waals surface area (Å²) in [7, 11) is 0. The van der Waals surface area contributed by atoms with Gasteiger partial charge in [-0.25, -0.2) is 0 Å². The Kier molecular flexibility index (Phi) is 3.30. The number of hydrogen-bond acceptors (Lipinski definition) is 0. The van der Waals surface area contributed by atoms with Crippen LogP contribution >= 0.6 is 0 Å². The molecule has 0 bridgehead atoms. The van der Waals surface area contributed by atoms with Crippen LogP contribution in [0.25, 0.3) is 120 Å². The van der Waals surface area contributed by atoms with Gasteiger partial charge in [0.05, 0.1) is 23.3 Å². The summed E-state index contributed by atoms with van der Waals surface area (Å²) in [5.74, 6) is 0. The molecule has 0 aliphatic rings. The SMILES string of the molecule is [2H]c1cc2c([2H])c([2H])c3c(-c4cc(-c5ccc(-c6c([2H])c([2H])c7c([2H])c([2H])c8c([2H])c([2H])c([2H])c9c([2H])c([2H])c6c7c89)c6ccccc56)cc5ccccc45)c([2H])c([2H])c4c([2H])c([2H])c(c1[2H])c2c43. The van der Waals surface area contributed by atoms with E-state index in [1.165, 1.54) is 6.07 Å². The van der Waals surface area contributed by atoms with E-state index >= 15 is 0 Å². The molecular formula is C52H30. The van der Waals surface area contributed by atoms with Gasteiger partial charge in [0.25, 0.3) is 0 Å².